The second kappa shape index (κ2) is 10.7. The van der Waals surface area contributed by atoms with Crippen LogP contribution in [0.15, 0.2) is 71.1 Å². The molecule has 2 aromatic rings. The molecule has 2 aliphatic rings. The van der Waals surface area contributed by atoms with Gasteiger partial charge in [0.05, 0.1) is 29.1 Å². The molecule has 1 saturated heterocycles. The summed E-state index contributed by atoms with van der Waals surface area (Å²) < 4.78 is 24.4. The zero-order valence-corrected chi connectivity index (χ0v) is 21.7. The Morgan fingerprint density at radius 1 is 1.13 bits per heavy atom. The third-order valence-corrected chi connectivity index (χ3v) is 6.97. The van der Waals surface area contributed by atoms with Crippen LogP contribution in [0.5, 0.6) is 0 Å². The van der Waals surface area contributed by atoms with Gasteiger partial charge in [-0.15, -0.1) is 0 Å². The van der Waals surface area contributed by atoms with Crippen LogP contribution in [-0.4, -0.2) is 47.6 Å². The number of hydrogen-bond donors (Lipinski definition) is 1. The summed E-state index contributed by atoms with van der Waals surface area (Å²) in [6.07, 6.45) is 0.583. The summed E-state index contributed by atoms with van der Waals surface area (Å²) in [5.41, 5.74) is 1.73. The maximum atomic E-state index is 13.7. The van der Waals surface area contributed by atoms with E-state index in [1.54, 1.807) is 32.0 Å². The Bertz CT molecular complexity index is 1340. The first-order valence-electron chi connectivity index (χ1n) is 12.2. The molecule has 0 aliphatic carbocycles. The second-order valence-corrected chi connectivity index (χ2v) is 9.91. The molecule has 38 heavy (non-hydrogen) atoms. The zero-order chi connectivity index (χ0) is 27.6. The number of carbonyl (C=O) groups is 2. The van der Waals surface area contributed by atoms with Gasteiger partial charge < -0.3 is 14.8 Å². The molecule has 2 unspecified atom stereocenters. The van der Waals surface area contributed by atoms with Gasteiger partial charge in [-0.25, -0.2) is 14.0 Å². The van der Waals surface area contributed by atoms with E-state index in [-0.39, 0.29) is 22.7 Å². The van der Waals surface area contributed by atoms with E-state index < -0.39 is 28.4 Å². The highest BCUT2D eigenvalue weighted by molar-refractivity contribution is 6.00. The summed E-state index contributed by atoms with van der Waals surface area (Å²) >= 11 is 0. The van der Waals surface area contributed by atoms with E-state index in [0.717, 1.165) is 5.56 Å². The van der Waals surface area contributed by atoms with Crippen LogP contribution in [0.2, 0.25) is 0 Å². The minimum absolute atomic E-state index is 0.160. The average molecular weight is 524 g/mol. The van der Waals surface area contributed by atoms with E-state index in [9.17, 15) is 24.1 Å². The first kappa shape index (κ1) is 27.0. The minimum Gasteiger partial charge on any atom is -0.466 e. The number of rotatable bonds is 7. The highest BCUT2D eigenvalue weighted by atomic mass is 19.1. The van der Waals surface area contributed by atoms with E-state index >= 15 is 0 Å². The number of ether oxygens (including phenoxy) is 2. The topological polar surface area (TPSA) is 111 Å². The predicted molar refractivity (Wildman–Crippen MR) is 137 cm³/mol. The number of esters is 2. The monoisotopic (exact) mass is 523 g/mol. The number of nitrogens with one attached hydrogen (secondary N) is 1. The number of dihydropyridines is 1. The minimum atomic E-state index is -0.920. The van der Waals surface area contributed by atoms with E-state index in [4.69, 9.17) is 9.47 Å². The van der Waals surface area contributed by atoms with E-state index in [2.05, 4.69) is 10.2 Å². The number of hydrogen-bond acceptors (Lipinski definition) is 8. The number of methoxy groups -OCH3 is 1. The van der Waals surface area contributed by atoms with Crippen LogP contribution in [0.1, 0.15) is 44.2 Å². The largest absolute Gasteiger partial charge is 0.466 e. The van der Waals surface area contributed by atoms with Gasteiger partial charge in [-0.1, -0.05) is 24.3 Å². The van der Waals surface area contributed by atoms with Crippen molar-refractivity contribution in [2.24, 2.45) is 0 Å². The standard InChI is InChI=1S/C28H30FN3O6/c1-17-23(26(33)37-4)25(20-6-5-7-22(14-20)32(35)36)24(18(2)30-17)27(34)38-28(3)12-13-31(16-28)15-19-8-10-21(29)11-9-19/h5-11,14,25,30H,12-13,15-16H2,1-4H3. The van der Waals surface area contributed by atoms with Crippen molar-refractivity contribution in [3.05, 3.63) is 98.1 Å². The van der Waals surface area contributed by atoms with Crippen LogP contribution in [0.25, 0.3) is 0 Å². The summed E-state index contributed by atoms with van der Waals surface area (Å²) in [7, 11) is 1.24. The number of benzene rings is 2. The lowest BCUT2D eigenvalue weighted by Crippen LogP contribution is -2.38. The number of nitro groups is 1. The van der Waals surface area contributed by atoms with Gasteiger partial charge in [-0.2, -0.15) is 0 Å². The Labute approximate surface area is 220 Å². The molecule has 0 aromatic heterocycles. The number of likely N-dealkylation sites (tertiary alicyclic amines) is 1. The molecule has 10 heteroatoms. The maximum absolute atomic E-state index is 13.7. The van der Waals surface area contributed by atoms with Crippen LogP contribution in [-0.2, 0) is 25.6 Å². The molecule has 200 valence electrons. The molecule has 2 atom stereocenters. The van der Waals surface area contributed by atoms with Gasteiger partial charge in [0, 0.05) is 49.6 Å². The number of non-ortho nitro benzene ring substituents is 1. The Morgan fingerprint density at radius 3 is 2.42 bits per heavy atom. The number of allylic oxidation sites excluding steroid dienone is 2. The number of carbonyl (C=O) groups excluding carboxylic acids is 2. The first-order valence-corrected chi connectivity index (χ1v) is 12.2. The lowest BCUT2D eigenvalue weighted by Gasteiger charge is -2.32. The second-order valence-electron chi connectivity index (χ2n) is 9.91. The van der Waals surface area contributed by atoms with Crippen LogP contribution >= 0.6 is 0 Å². The average Bonchev–Trinajstić information content (AvgIpc) is 3.24. The van der Waals surface area contributed by atoms with Gasteiger partial charge in [-0.3, -0.25) is 15.0 Å². The van der Waals surface area contributed by atoms with Gasteiger partial charge in [0.2, 0.25) is 0 Å². The van der Waals surface area contributed by atoms with Crippen molar-refractivity contribution in [2.45, 2.75) is 45.3 Å². The summed E-state index contributed by atoms with van der Waals surface area (Å²) in [4.78, 5) is 39.7. The molecule has 1 fully saturated rings. The lowest BCUT2D eigenvalue weighted by molar-refractivity contribution is -0.384. The quantitative estimate of drug-likeness (QED) is 0.324. The molecule has 9 nitrogen and oxygen atoms in total. The highest BCUT2D eigenvalue weighted by Crippen LogP contribution is 2.41. The van der Waals surface area contributed by atoms with Gasteiger partial charge in [0.25, 0.3) is 5.69 Å². The molecule has 2 heterocycles. The smallest absolute Gasteiger partial charge is 0.337 e. The Balaban J connectivity index is 1.62. The van der Waals surface area contributed by atoms with Crippen molar-refractivity contribution in [2.75, 3.05) is 20.2 Å². The molecule has 2 aromatic carbocycles. The fraction of sp³-hybridized carbons (Fsp3) is 0.357. The fourth-order valence-corrected chi connectivity index (χ4v) is 5.17. The van der Waals surface area contributed by atoms with Gasteiger partial charge in [-0.05, 0) is 44.0 Å². The summed E-state index contributed by atoms with van der Waals surface area (Å²) in [6.45, 7) is 6.98. The number of halogens is 1. The lowest BCUT2D eigenvalue weighted by atomic mass is 9.80. The maximum Gasteiger partial charge on any atom is 0.337 e. The molecular weight excluding hydrogens is 493 g/mol. The third-order valence-electron chi connectivity index (χ3n) is 6.97. The summed E-state index contributed by atoms with van der Waals surface area (Å²) in [5.74, 6) is -2.49. The van der Waals surface area contributed by atoms with E-state index in [1.165, 1.54) is 37.4 Å². The van der Waals surface area contributed by atoms with Crippen molar-refractivity contribution in [1.29, 1.82) is 0 Å². The molecule has 1 N–H and O–H groups in total. The van der Waals surface area contributed by atoms with Crippen LogP contribution < -0.4 is 5.32 Å². The van der Waals surface area contributed by atoms with Gasteiger partial charge in [0.1, 0.15) is 11.4 Å². The van der Waals surface area contributed by atoms with Gasteiger partial charge >= 0.3 is 11.9 Å². The van der Waals surface area contributed by atoms with Crippen LogP contribution in [0.3, 0.4) is 0 Å². The molecular formula is C28H30FN3O6. The Morgan fingerprint density at radius 2 is 1.79 bits per heavy atom. The van der Waals surface area contributed by atoms with Gasteiger partial charge in [0.15, 0.2) is 0 Å². The molecule has 0 bridgehead atoms. The Hall–Kier alpha value is -4.05. The van der Waals surface area contributed by atoms with Crippen molar-refractivity contribution in [1.82, 2.24) is 10.2 Å². The molecule has 0 saturated carbocycles. The molecule has 0 spiro atoms. The molecule has 2 aliphatic heterocycles. The highest BCUT2D eigenvalue weighted by Gasteiger charge is 2.43. The normalized spacial score (nSPS) is 21.8. The van der Waals surface area contributed by atoms with Crippen LogP contribution in [0, 0.1) is 15.9 Å². The van der Waals surface area contributed by atoms with Crippen molar-refractivity contribution < 1.29 is 28.4 Å². The van der Waals surface area contributed by atoms with E-state index in [1.807, 2.05) is 6.92 Å². The van der Waals surface area contributed by atoms with Crippen molar-refractivity contribution in [3.63, 3.8) is 0 Å². The van der Waals surface area contributed by atoms with Crippen molar-refractivity contribution >= 4 is 17.6 Å². The number of nitrogens with zero attached hydrogens (tertiary/aromatic N) is 2. The number of nitro benzene ring substituents is 1. The zero-order valence-electron chi connectivity index (χ0n) is 21.7. The summed E-state index contributed by atoms with van der Waals surface area (Å²) in [5, 5.41) is 14.5. The third kappa shape index (κ3) is 5.60. The van der Waals surface area contributed by atoms with Crippen molar-refractivity contribution in [3.8, 4) is 0 Å². The Kier molecular flexibility index (Phi) is 7.63. The fourth-order valence-electron chi connectivity index (χ4n) is 5.17. The summed E-state index contributed by atoms with van der Waals surface area (Å²) in [6, 6.07) is 12.1. The SMILES string of the molecule is COC(=O)C1=C(C)NC(C)=C(C(=O)OC2(C)CCN(Cc3ccc(F)cc3)C2)C1c1cccc([N+](=O)[O-])c1. The molecule has 0 radical (unpaired) electrons. The first-order chi connectivity index (χ1) is 18.0. The molecule has 0 amide bonds. The van der Waals surface area contributed by atoms with Crippen LogP contribution in [0.4, 0.5) is 10.1 Å². The predicted octanol–water partition coefficient (Wildman–Crippen LogP) is 4.35. The van der Waals surface area contributed by atoms with E-state index in [0.29, 0.717) is 43.0 Å². The molecule has 4 rings (SSSR count).